The van der Waals surface area contributed by atoms with Crippen LogP contribution < -0.4 is 5.73 Å². The van der Waals surface area contributed by atoms with Crippen molar-refractivity contribution in [3.05, 3.63) is 35.1 Å². The minimum atomic E-state index is -2.66. The van der Waals surface area contributed by atoms with Crippen molar-refractivity contribution in [3.8, 4) is 0 Å². The first-order valence-electron chi connectivity index (χ1n) is 5.06. The smallest absolute Gasteiger partial charge is 0.263 e. The number of benzene rings is 1. The lowest BCUT2D eigenvalue weighted by molar-refractivity contribution is 0.151. The van der Waals surface area contributed by atoms with Crippen LogP contribution in [0.3, 0.4) is 0 Å². The van der Waals surface area contributed by atoms with Gasteiger partial charge in [0.2, 0.25) is 0 Å². The molecule has 0 heterocycles. The first-order valence-corrected chi connectivity index (χ1v) is 5.06. The van der Waals surface area contributed by atoms with Crippen LogP contribution in [0.25, 0.3) is 0 Å². The quantitative estimate of drug-likeness (QED) is 0.822. The topological polar surface area (TPSA) is 26.0 Å². The van der Waals surface area contributed by atoms with Gasteiger partial charge in [0, 0.05) is 17.2 Å². The molecule has 16 heavy (non-hydrogen) atoms. The fourth-order valence-corrected chi connectivity index (χ4v) is 1.40. The van der Waals surface area contributed by atoms with Crippen LogP contribution in [0.15, 0.2) is 18.2 Å². The predicted octanol–water partition coefficient (Wildman–Crippen LogP) is 3.81. The van der Waals surface area contributed by atoms with Crippen molar-refractivity contribution in [2.45, 2.75) is 33.2 Å². The molecular formula is C12H16F3N. The highest BCUT2D eigenvalue weighted by molar-refractivity contribution is 5.28. The zero-order valence-electron chi connectivity index (χ0n) is 9.60. The molecule has 0 saturated carbocycles. The van der Waals surface area contributed by atoms with Gasteiger partial charge in [-0.25, -0.2) is 13.2 Å². The SMILES string of the molecule is CC(C)(C)[C@@H](N)c1ccc(C(F)F)cc1F. The molecular weight excluding hydrogens is 215 g/mol. The Morgan fingerprint density at radius 3 is 2.12 bits per heavy atom. The van der Waals surface area contributed by atoms with Crippen LogP contribution in [0.5, 0.6) is 0 Å². The maximum absolute atomic E-state index is 13.6. The fraction of sp³-hybridized carbons (Fsp3) is 0.500. The second kappa shape index (κ2) is 4.45. The van der Waals surface area contributed by atoms with Gasteiger partial charge in [-0.05, 0) is 11.5 Å². The third kappa shape index (κ3) is 2.76. The number of alkyl halides is 2. The van der Waals surface area contributed by atoms with Crippen molar-refractivity contribution < 1.29 is 13.2 Å². The molecule has 0 radical (unpaired) electrons. The highest BCUT2D eigenvalue weighted by Gasteiger charge is 2.25. The summed E-state index contributed by atoms with van der Waals surface area (Å²) >= 11 is 0. The lowest BCUT2D eigenvalue weighted by atomic mass is 9.82. The molecule has 1 aromatic carbocycles. The average Bonchev–Trinajstić information content (AvgIpc) is 2.15. The first-order chi connectivity index (χ1) is 7.23. The van der Waals surface area contributed by atoms with Crippen LogP contribution in [0, 0.1) is 11.2 Å². The largest absolute Gasteiger partial charge is 0.323 e. The molecule has 0 saturated heterocycles. The Labute approximate surface area is 93.5 Å². The van der Waals surface area contributed by atoms with Gasteiger partial charge >= 0.3 is 0 Å². The van der Waals surface area contributed by atoms with Crippen molar-refractivity contribution in [1.82, 2.24) is 0 Å². The molecule has 0 spiro atoms. The summed E-state index contributed by atoms with van der Waals surface area (Å²) in [7, 11) is 0. The monoisotopic (exact) mass is 231 g/mol. The third-order valence-corrected chi connectivity index (χ3v) is 2.54. The van der Waals surface area contributed by atoms with Gasteiger partial charge in [0.25, 0.3) is 6.43 Å². The van der Waals surface area contributed by atoms with E-state index in [2.05, 4.69) is 0 Å². The summed E-state index contributed by atoms with van der Waals surface area (Å²) in [6.07, 6.45) is -2.66. The Morgan fingerprint density at radius 2 is 1.75 bits per heavy atom. The van der Waals surface area contributed by atoms with E-state index in [4.69, 9.17) is 5.73 Å². The van der Waals surface area contributed by atoms with Crippen molar-refractivity contribution in [2.24, 2.45) is 11.1 Å². The lowest BCUT2D eigenvalue weighted by Crippen LogP contribution is -2.27. The van der Waals surface area contributed by atoms with E-state index in [-0.39, 0.29) is 16.5 Å². The summed E-state index contributed by atoms with van der Waals surface area (Å²) in [6, 6.07) is 2.90. The standard InChI is InChI=1S/C12H16F3N/c1-12(2,3)10(16)8-5-4-7(11(14)15)6-9(8)13/h4-6,10-11H,16H2,1-3H3/t10-/m0/s1. The second-order valence-electron chi connectivity index (χ2n) is 4.93. The third-order valence-electron chi connectivity index (χ3n) is 2.54. The fourth-order valence-electron chi connectivity index (χ4n) is 1.40. The molecule has 0 amide bonds. The molecule has 1 nitrogen and oxygen atoms in total. The highest BCUT2D eigenvalue weighted by atomic mass is 19.3. The van der Waals surface area contributed by atoms with E-state index in [9.17, 15) is 13.2 Å². The minimum absolute atomic E-state index is 0.275. The summed E-state index contributed by atoms with van der Waals surface area (Å²) in [5.74, 6) is -0.666. The van der Waals surface area contributed by atoms with Crippen molar-refractivity contribution in [1.29, 1.82) is 0 Å². The van der Waals surface area contributed by atoms with Gasteiger partial charge in [-0.15, -0.1) is 0 Å². The molecule has 0 aromatic heterocycles. The molecule has 90 valence electrons. The normalized spacial score (nSPS) is 14.2. The van der Waals surface area contributed by atoms with E-state index < -0.39 is 18.3 Å². The highest BCUT2D eigenvalue weighted by Crippen LogP contribution is 2.33. The molecule has 1 rings (SSSR count). The molecule has 0 aliphatic rings. The number of hydrogen-bond donors (Lipinski definition) is 1. The number of nitrogens with two attached hydrogens (primary N) is 1. The van der Waals surface area contributed by atoms with E-state index in [0.29, 0.717) is 0 Å². The number of hydrogen-bond acceptors (Lipinski definition) is 1. The first kappa shape index (κ1) is 13.0. The van der Waals surface area contributed by atoms with Gasteiger partial charge in [0.1, 0.15) is 5.82 Å². The molecule has 1 aromatic rings. The van der Waals surface area contributed by atoms with E-state index in [1.54, 1.807) is 0 Å². The van der Waals surface area contributed by atoms with E-state index in [1.165, 1.54) is 12.1 Å². The maximum atomic E-state index is 13.6. The minimum Gasteiger partial charge on any atom is -0.323 e. The molecule has 1 atom stereocenters. The Bertz CT molecular complexity index is 369. The van der Waals surface area contributed by atoms with E-state index in [0.717, 1.165) is 6.07 Å². The lowest BCUT2D eigenvalue weighted by Gasteiger charge is -2.27. The van der Waals surface area contributed by atoms with Gasteiger partial charge in [-0.2, -0.15) is 0 Å². The van der Waals surface area contributed by atoms with Gasteiger partial charge in [-0.1, -0.05) is 32.9 Å². The Morgan fingerprint density at radius 1 is 1.19 bits per heavy atom. The summed E-state index contributed by atoms with van der Waals surface area (Å²) in [5, 5.41) is 0. The molecule has 0 aliphatic heterocycles. The summed E-state index contributed by atoms with van der Waals surface area (Å²) in [6.45, 7) is 5.62. The molecule has 0 bridgehead atoms. The van der Waals surface area contributed by atoms with Gasteiger partial charge in [0.15, 0.2) is 0 Å². The van der Waals surface area contributed by atoms with Crippen molar-refractivity contribution in [2.75, 3.05) is 0 Å². The van der Waals surface area contributed by atoms with E-state index >= 15 is 0 Å². The second-order valence-corrected chi connectivity index (χ2v) is 4.93. The van der Waals surface area contributed by atoms with Crippen LogP contribution in [-0.2, 0) is 0 Å². The summed E-state index contributed by atoms with van der Waals surface area (Å²) < 4.78 is 38.2. The molecule has 4 heteroatoms. The zero-order valence-corrected chi connectivity index (χ0v) is 9.60. The van der Waals surface area contributed by atoms with Gasteiger partial charge in [0.05, 0.1) is 0 Å². The Balaban J connectivity index is 3.09. The zero-order chi connectivity index (χ0) is 12.5. The number of rotatable bonds is 2. The summed E-state index contributed by atoms with van der Waals surface area (Å²) in [4.78, 5) is 0. The van der Waals surface area contributed by atoms with Crippen LogP contribution in [0.1, 0.15) is 44.4 Å². The van der Waals surface area contributed by atoms with Crippen LogP contribution in [0.4, 0.5) is 13.2 Å². The molecule has 2 N–H and O–H groups in total. The Hall–Kier alpha value is -1.03. The van der Waals surface area contributed by atoms with Crippen molar-refractivity contribution in [3.63, 3.8) is 0 Å². The van der Waals surface area contributed by atoms with Crippen LogP contribution in [0.2, 0.25) is 0 Å². The predicted molar refractivity (Wildman–Crippen MR) is 57.7 cm³/mol. The van der Waals surface area contributed by atoms with E-state index in [1.807, 2.05) is 20.8 Å². The maximum Gasteiger partial charge on any atom is 0.263 e. The van der Waals surface area contributed by atoms with Crippen LogP contribution in [-0.4, -0.2) is 0 Å². The Kier molecular flexibility index (Phi) is 3.63. The van der Waals surface area contributed by atoms with Crippen molar-refractivity contribution >= 4 is 0 Å². The van der Waals surface area contributed by atoms with Gasteiger partial charge < -0.3 is 5.73 Å². The molecule has 0 aliphatic carbocycles. The molecule has 0 unspecified atom stereocenters. The van der Waals surface area contributed by atoms with Gasteiger partial charge in [-0.3, -0.25) is 0 Å². The number of halogens is 3. The average molecular weight is 231 g/mol. The summed E-state index contributed by atoms with van der Waals surface area (Å²) in [5.41, 5.74) is 5.52. The molecule has 0 fully saturated rings. The van der Waals surface area contributed by atoms with Crippen LogP contribution >= 0.6 is 0 Å².